The molecule has 1 aliphatic rings. The quantitative estimate of drug-likeness (QED) is 0.907. The molecule has 1 aromatic carbocycles. The molecule has 2 atom stereocenters. The lowest BCUT2D eigenvalue weighted by atomic mass is 9.93. The van der Waals surface area contributed by atoms with E-state index in [1.54, 1.807) is 12.1 Å². The molecule has 1 aromatic rings. The highest BCUT2D eigenvalue weighted by Gasteiger charge is 2.30. The highest BCUT2D eigenvalue weighted by atomic mass is 32.2. The Hall–Kier alpha value is -1.07. The number of benzene rings is 1. The van der Waals surface area contributed by atoms with Gasteiger partial charge in [-0.1, -0.05) is 26.0 Å². The van der Waals surface area contributed by atoms with E-state index >= 15 is 0 Å². The average Bonchev–Trinajstić information content (AvgIpc) is 2.84. The SMILES string of the molecule is CC(C)[C@@H]1OCC[C@H]1CNc1ccccc1S(C)(=O)=O. The monoisotopic (exact) mass is 297 g/mol. The van der Waals surface area contributed by atoms with E-state index in [0.29, 0.717) is 22.4 Å². The normalized spacial score (nSPS) is 23.2. The summed E-state index contributed by atoms with van der Waals surface area (Å²) in [6, 6.07) is 7.05. The molecule has 5 heteroatoms. The van der Waals surface area contributed by atoms with Crippen molar-refractivity contribution in [2.45, 2.75) is 31.3 Å². The lowest BCUT2D eigenvalue weighted by Crippen LogP contribution is -2.28. The predicted molar refractivity (Wildman–Crippen MR) is 80.7 cm³/mol. The molecule has 1 fully saturated rings. The zero-order valence-electron chi connectivity index (χ0n) is 12.3. The van der Waals surface area contributed by atoms with Crippen LogP contribution in [0.25, 0.3) is 0 Å². The second-order valence-electron chi connectivity index (χ2n) is 5.78. The molecule has 0 spiro atoms. The third-order valence-corrected chi connectivity index (χ3v) is 4.92. The first-order chi connectivity index (χ1) is 9.39. The molecule has 112 valence electrons. The molecule has 0 aliphatic carbocycles. The van der Waals surface area contributed by atoms with Crippen LogP contribution in [0.4, 0.5) is 5.69 Å². The van der Waals surface area contributed by atoms with Crippen LogP contribution in [0.15, 0.2) is 29.2 Å². The fourth-order valence-corrected chi connectivity index (χ4v) is 3.65. The van der Waals surface area contributed by atoms with Crippen LogP contribution in [-0.4, -0.2) is 33.9 Å². The molecule has 1 heterocycles. The molecule has 20 heavy (non-hydrogen) atoms. The molecule has 0 amide bonds. The van der Waals surface area contributed by atoms with E-state index in [1.807, 2.05) is 12.1 Å². The number of hydrogen-bond acceptors (Lipinski definition) is 4. The topological polar surface area (TPSA) is 55.4 Å². The Kier molecular flexibility index (Phi) is 4.70. The number of anilines is 1. The molecular formula is C15H23NO3S. The van der Waals surface area contributed by atoms with Gasteiger partial charge >= 0.3 is 0 Å². The molecule has 0 saturated carbocycles. The third kappa shape index (κ3) is 3.52. The summed E-state index contributed by atoms with van der Waals surface area (Å²) in [4.78, 5) is 0.361. The third-order valence-electron chi connectivity index (χ3n) is 3.76. The van der Waals surface area contributed by atoms with Gasteiger partial charge in [0.15, 0.2) is 9.84 Å². The lowest BCUT2D eigenvalue weighted by molar-refractivity contribution is 0.0566. The number of rotatable bonds is 5. The van der Waals surface area contributed by atoms with Gasteiger partial charge in [0.05, 0.1) is 16.7 Å². The Morgan fingerprint density at radius 2 is 2.05 bits per heavy atom. The van der Waals surface area contributed by atoms with Crippen molar-refractivity contribution in [2.75, 3.05) is 24.7 Å². The summed E-state index contributed by atoms with van der Waals surface area (Å²) in [6.07, 6.45) is 2.52. The van der Waals surface area contributed by atoms with E-state index in [-0.39, 0.29) is 6.10 Å². The minimum Gasteiger partial charge on any atom is -0.384 e. The zero-order chi connectivity index (χ0) is 14.8. The summed E-state index contributed by atoms with van der Waals surface area (Å²) in [6.45, 7) is 5.86. The summed E-state index contributed by atoms with van der Waals surface area (Å²) in [5.41, 5.74) is 0.685. The van der Waals surface area contributed by atoms with Gasteiger partial charge in [-0.05, 0) is 24.5 Å². The van der Waals surface area contributed by atoms with Crippen LogP contribution in [0.2, 0.25) is 0 Å². The Balaban J connectivity index is 2.08. The minimum absolute atomic E-state index is 0.257. The van der Waals surface area contributed by atoms with Crippen molar-refractivity contribution in [1.82, 2.24) is 0 Å². The van der Waals surface area contributed by atoms with Crippen LogP contribution in [-0.2, 0) is 14.6 Å². The van der Waals surface area contributed by atoms with Crippen molar-refractivity contribution < 1.29 is 13.2 Å². The molecule has 1 aliphatic heterocycles. The number of hydrogen-bond donors (Lipinski definition) is 1. The van der Waals surface area contributed by atoms with Crippen molar-refractivity contribution in [3.63, 3.8) is 0 Å². The van der Waals surface area contributed by atoms with Crippen molar-refractivity contribution in [3.05, 3.63) is 24.3 Å². The van der Waals surface area contributed by atoms with E-state index < -0.39 is 9.84 Å². The van der Waals surface area contributed by atoms with Gasteiger partial charge in [-0.25, -0.2) is 8.42 Å². The molecule has 2 rings (SSSR count). The highest BCUT2D eigenvalue weighted by molar-refractivity contribution is 7.90. The summed E-state index contributed by atoms with van der Waals surface area (Å²) < 4.78 is 29.3. The Bertz CT molecular complexity index is 554. The van der Waals surface area contributed by atoms with Crippen LogP contribution in [0.5, 0.6) is 0 Å². The number of ether oxygens (including phenoxy) is 1. The van der Waals surface area contributed by atoms with Gasteiger partial charge in [0.1, 0.15) is 0 Å². The fraction of sp³-hybridized carbons (Fsp3) is 0.600. The Morgan fingerprint density at radius 1 is 1.35 bits per heavy atom. The van der Waals surface area contributed by atoms with Gasteiger partial charge in [-0.3, -0.25) is 0 Å². The van der Waals surface area contributed by atoms with Crippen molar-refractivity contribution in [1.29, 1.82) is 0 Å². The molecule has 4 nitrogen and oxygen atoms in total. The lowest BCUT2D eigenvalue weighted by Gasteiger charge is -2.23. The molecule has 0 bridgehead atoms. The van der Waals surface area contributed by atoms with Gasteiger partial charge < -0.3 is 10.1 Å². The first-order valence-electron chi connectivity index (χ1n) is 7.04. The minimum atomic E-state index is -3.20. The first-order valence-corrected chi connectivity index (χ1v) is 8.93. The second kappa shape index (κ2) is 6.14. The first kappa shape index (κ1) is 15.3. The standard InChI is InChI=1S/C15H23NO3S/c1-11(2)15-12(8-9-19-15)10-16-13-6-4-5-7-14(13)20(3,17)18/h4-7,11-12,15-16H,8-10H2,1-3H3/t12-,15-/m0/s1. The van der Waals surface area contributed by atoms with Crippen LogP contribution in [0.1, 0.15) is 20.3 Å². The van der Waals surface area contributed by atoms with Crippen LogP contribution in [0.3, 0.4) is 0 Å². The number of nitrogens with one attached hydrogen (secondary N) is 1. The van der Waals surface area contributed by atoms with Gasteiger partial charge in [-0.15, -0.1) is 0 Å². The number of para-hydroxylation sites is 1. The summed E-state index contributed by atoms with van der Waals surface area (Å²) >= 11 is 0. The maximum atomic E-state index is 11.8. The van der Waals surface area contributed by atoms with E-state index in [4.69, 9.17) is 4.74 Å². The molecule has 1 N–H and O–H groups in total. The number of sulfone groups is 1. The van der Waals surface area contributed by atoms with Crippen LogP contribution < -0.4 is 5.32 Å². The summed E-state index contributed by atoms with van der Waals surface area (Å²) in [7, 11) is -3.20. The molecule has 0 aromatic heterocycles. The smallest absolute Gasteiger partial charge is 0.177 e. The fourth-order valence-electron chi connectivity index (χ4n) is 2.79. The Morgan fingerprint density at radius 3 is 2.70 bits per heavy atom. The average molecular weight is 297 g/mol. The van der Waals surface area contributed by atoms with E-state index in [9.17, 15) is 8.42 Å². The zero-order valence-corrected chi connectivity index (χ0v) is 13.1. The van der Waals surface area contributed by atoms with E-state index in [0.717, 1.165) is 19.6 Å². The molecule has 0 radical (unpaired) electrons. The second-order valence-corrected chi connectivity index (χ2v) is 7.76. The van der Waals surface area contributed by atoms with E-state index in [2.05, 4.69) is 19.2 Å². The van der Waals surface area contributed by atoms with Crippen molar-refractivity contribution in [3.8, 4) is 0 Å². The molecular weight excluding hydrogens is 274 g/mol. The van der Waals surface area contributed by atoms with Gasteiger partial charge in [0.2, 0.25) is 0 Å². The van der Waals surface area contributed by atoms with Gasteiger partial charge in [0.25, 0.3) is 0 Å². The maximum absolute atomic E-state index is 11.8. The predicted octanol–water partition coefficient (Wildman–Crippen LogP) is 2.56. The van der Waals surface area contributed by atoms with E-state index in [1.165, 1.54) is 6.26 Å². The summed E-state index contributed by atoms with van der Waals surface area (Å²) in [5.74, 6) is 0.914. The van der Waals surface area contributed by atoms with Crippen LogP contribution in [0, 0.1) is 11.8 Å². The van der Waals surface area contributed by atoms with Crippen molar-refractivity contribution in [2.24, 2.45) is 11.8 Å². The van der Waals surface area contributed by atoms with Crippen LogP contribution >= 0.6 is 0 Å². The van der Waals surface area contributed by atoms with Crippen molar-refractivity contribution >= 4 is 15.5 Å². The van der Waals surface area contributed by atoms with Gasteiger partial charge in [0, 0.05) is 25.3 Å². The molecule has 0 unspecified atom stereocenters. The highest BCUT2D eigenvalue weighted by Crippen LogP contribution is 2.28. The summed E-state index contributed by atoms with van der Waals surface area (Å²) in [5, 5.41) is 3.29. The maximum Gasteiger partial charge on any atom is 0.177 e. The molecule has 1 saturated heterocycles. The van der Waals surface area contributed by atoms with Gasteiger partial charge in [-0.2, -0.15) is 0 Å². The Labute approximate surface area is 121 Å². The largest absolute Gasteiger partial charge is 0.384 e.